The summed E-state index contributed by atoms with van der Waals surface area (Å²) in [6, 6.07) is 6.10. The van der Waals surface area contributed by atoms with E-state index in [0.717, 1.165) is 36.8 Å². The van der Waals surface area contributed by atoms with E-state index >= 15 is 0 Å². The average Bonchev–Trinajstić information content (AvgIpc) is 2.92. The van der Waals surface area contributed by atoms with Gasteiger partial charge in [-0.05, 0) is 48.9 Å². The third kappa shape index (κ3) is 2.95. The second-order valence-corrected chi connectivity index (χ2v) is 6.28. The summed E-state index contributed by atoms with van der Waals surface area (Å²) in [7, 11) is 1.39. The smallest absolute Gasteiger partial charge is 0.341 e. The summed E-state index contributed by atoms with van der Waals surface area (Å²) in [4.78, 5) is 17.8. The lowest BCUT2D eigenvalue weighted by Gasteiger charge is -2.11. The summed E-state index contributed by atoms with van der Waals surface area (Å²) in [5, 5.41) is 0.683. The molecule has 3 nitrogen and oxygen atoms in total. The molecule has 0 aliphatic heterocycles. The molecule has 0 radical (unpaired) electrons. The quantitative estimate of drug-likeness (QED) is 0.625. The Kier molecular flexibility index (Phi) is 4.34. The minimum absolute atomic E-state index is 0.279. The molecule has 1 aliphatic rings. The third-order valence-electron chi connectivity index (χ3n) is 3.74. The van der Waals surface area contributed by atoms with Crippen molar-refractivity contribution >= 4 is 28.5 Å². The van der Waals surface area contributed by atoms with E-state index in [2.05, 4.69) is 4.99 Å². The van der Waals surface area contributed by atoms with E-state index in [9.17, 15) is 9.18 Å². The number of nitrogens with zero attached hydrogens (tertiary/aromatic N) is 1. The number of hydrogen-bond donors (Lipinski definition) is 0. The van der Waals surface area contributed by atoms with Gasteiger partial charge in [-0.1, -0.05) is 12.1 Å². The summed E-state index contributed by atoms with van der Waals surface area (Å²) in [6.45, 7) is 0. The number of carbonyl (C=O) groups excluding carboxylic acids is 1. The van der Waals surface area contributed by atoms with Crippen LogP contribution in [0, 0.1) is 5.82 Å². The van der Waals surface area contributed by atoms with Crippen LogP contribution in [0.1, 0.15) is 39.2 Å². The highest BCUT2D eigenvalue weighted by Crippen LogP contribution is 2.40. The number of ether oxygens (including phenoxy) is 1. The Morgan fingerprint density at radius 1 is 1.27 bits per heavy atom. The van der Waals surface area contributed by atoms with Crippen LogP contribution in [-0.2, 0) is 17.6 Å². The Hall–Kier alpha value is -2.01. The highest BCUT2D eigenvalue weighted by molar-refractivity contribution is 7.16. The molecule has 0 atom stereocenters. The summed E-state index contributed by atoms with van der Waals surface area (Å²) < 4.78 is 17.8. The van der Waals surface area contributed by atoms with Crippen LogP contribution in [0.3, 0.4) is 0 Å². The lowest BCUT2D eigenvalue weighted by atomic mass is 9.95. The van der Waals surface area contributed by atoms with Crippen molar-refractivity contribution in [2.45, 2.75) is 25.7 Å². The first-order valence-electron chi connectivity index (χ1n) is 7.21. The Balaban J connectivity index is 1.97. The molecule has 3 rings (SSSR count). The van der Waals surface area contributed by atoms with E-state index in [1.165, 1.54) is 24.1 Å². The van der Waals surface area contributed by atoms with Crippen LogP contribution >= 0.6 is 11.3 Å². The number of thiophene rings is 1. The second kappa shape index (κ2) is 6.40. The van der Waals surface area contributed by atoms with Crippen molar-refractivity contribution in [1.29, 1.82) is 0 Å². The molecule has 114 valence electrons. The summed E-state index contributed by atoms with van der Waals surface area (Å²) >= 11 is 1.56. The highest BCUT2D eigenvalue weighted by Gasteiger charge is 2.25. The average molecular weight is 317 g/mol. The van der Waals surface area contributed by atoms with Crippen molar-refractivity contribution in [3.05, 3.63) is 51.7 Å². The fourth-order valence-electron chi connectivity index (χ4n) is 2.64. The molecule has 2 aromatic rings. The molecule has 0 saturated heterocycles. The predicted octanol–water partition coefficient (Wildman–Crippen LogP) is 4.30. The second-order valence-electron chi connectivity index (χ2n) is 5.19. The van der Waals surface area contributed by atoms with E-state index in [1.807, 2.05) is 0 Å². The maximum atomic E-state index is 12.9. The van der Waals surface area contributed by atoms with Gasteiger partial charge in [0.05, 0.1) is 12.7 Å². The summed E-state index contributed by atoms with van der Waals surface area (Å²) in [5.41, 5.74) is 2.48. The first-order valence-corrected chi connectivity index (χ1v) is 8.03. The van der Waals surface area contributed by atoms with Gasteiger partial charge in [0.25, 0.3) is 0 Å². The number of aliphatic imine (C=N–C) groups is 1. The van der Waals surface area contributed by atoms with E-state index < -0.39 is 0 Å². The standard InChI is InChI=1S/C17H16FNO2S/c1-21-17(20)15-13-4-2-3-5-14(13)22-16(15)19-10-11-6-8-12(18)9-7-11/h6-10H,2-5H2,1H3. The fraction of sp³-hybridized carbons (Fsp3) is 0.294. The van der Waals surface area contributed by atoms with E-state index in [1.54, 1.807) is 29.7 Å². The number of esters is 1. The number of halogens is 1. The fourth-order valence-corrected chi connectivity index (χ4v) is 3.86. The Labute approximate surface area is 132 Å². The zero-order valence-electron chi connectivity index (χ0n) is 12.3. The number of fused-ring (bicyclic) bond motifs is 1. The third-order valence-corrected chi connectivity index (χ3v) is 4.94. The van der Waals surface area contributed by atoms with Crippen LogP contribution in [0.15, 0.2) is 29.3 Å². The van der Waals surface area contributed by atoms with Crippen LogP contribution < -0.4 is 0 Å². The van der Waals surface area contributed by atoms with Gasteiger partial charge in [-0.3, -0.25) is 0 Å². The van der Waals surface area contributed by atoms with Gasteiger partial charge in [-0.15, -0.1) is 11.3 Å². The van der Waals surface area contributed by atoms with Gasteiger partial charge < -0.3 is 4.74 Å². The maximum absolute atomic E-state index is 12.9. The van der Waals surface area contributed by atoms with E-state index in [0.29, 0.717) is 10.6 Å². The number of carbonyl (C=O) groups is 1. The SMILES string of the molecule is COC(=O)c1c(N=Cc2ccc(F)cc2)sc2c1CCCC2. The zero-order chi connectivity index (χ0) is 15.5. The van der Waals surface area contributed by atoms with Crippen LogP contribution in [0.5, 0.6) is 0 Å². The van der Waals surface area contributed by atoms with Crippen molar-refractivity contribution in [3.63, 3.8) is 0 Å². The monoisotopic (exact) mass is 317 g/mol. The highest BCUT2D eigenvalue weighted by atomic mass is 32.1. The van der Waals surface area contributed by atoms with E-state index in [-0.39, 0.29) is 11.8 Å². The first kappa shape index (κ1) is 14.9. The van der Waals surface area contributed by atoms with Gasteiger partial charge in [0.1, 0.15) is 10.8 Å². The first-order chi connectivity index (χ1) is 10.7. The molecule has 0 bridgehead atoms. The Morgan fingerprint density at radius 3 is 2.73 bits per heavy atom. The summed E-state index contributed by atoms with van der Waals surface area (Å²) in [6.07, 6.45) is 5.80. The van der Waals surface area contributed by atoms with Crippen molar-refractivity contribution in [3.8, 4) is 0 Å². The molecule has 1 aliphatic carbocycles. The van der Waals surface area contributed by atoms with Crippen LogP contribution in [-0.4, -0.2) is 19.3 Å². The Morgan fingerprint density at radius 2 is 2.00 bits per heavy atom. The largest absolute Gasteiger partial charge is 0.465 e. The minimum Gasteiger partial charge on any atom is -0.465 e. The summed E-state index contributed by atoms with van der Waals surface area (Å²) in [5.74, 6) is -0.607. The molecule has 0 spiro atoms. The molecular weight excluding hydrogens is 301 g/mol. The topological polar surface area (TPSA) is 38.7 Å². The van der Waals surface area contributed by atoms with Crippen molar-refractivity contribution < 1.29 is 13.9 Å². The maximum Gasteiger partial charge on any atom is 0.341 e. The van der Waals surface area contributed by atoms with E-state index in [4.69, 9.17) is 4.74 Å². The lowest BCUT2D eigenvalue weighted by Crippen LogP contribution is -2.07. The van der Waals surface area contributed by atoms with Crippen molar-refractivity contribution in [2.75, 3.05) is 7.11 Å². The van der Waals surface area contributed by atoms with Crippen LogP contribution in [0.2, 0.25) is 0 Å². The number of aryl methyl sites for hydroxylation is 1. The molecule has 0 saturated carbocycles. The van der Waals surface area contributed by atoms with Gasteiger partial charge in [0.15, 0.2) is 0 Å². The van der Waals surface area contributed by atoms with Crippen molar-refractivity contribution in [1.82, 2.24) is 0 Å². The normalized spacial score (nSPS) is 14.1. The predicted molar refractivity (Wildman–Crippen MR) is 86.0 cm³/mol. The molecular formula is C17H16FNO2S. The van der Waals surface area contributed by atoms with Crippen LogP contribution in [0.25, 0.3) is 0 Å². The number of benzene rings is 1. The molecule has 1 heterocycles. The molecule has 0 fully saturated rings. The molecule has 5 heteroatoms. The number of methoxy groups -OCH3 is 1. The van der Waals surface area contributed by atoms with Crippen LogP contribution in [0.4, 0.5) is 9.39 Å². The van der Waals surface area contributed by atoms with Gasteiger partial charge >= 0.3 is 5.97 Å². The number of hydrogen-bond acceptors (Lipinski definition) is 4. The van der Waals surface area contributed by atoms with Gasteiger partial charge in [0, 0.05) is 11.1 Å². The molecule has 0 amide bonds. The molecule has 0 unspecified atom stereocenters. The van der Waals surface area contributed by atoms with Gasteiger partial charge in [-0.25, -0.2) is 14.2 Å². The number of rotatable bonds is 3. The minimum atomic E-state index is -0.328. The molecule has 0 N–H and O–H groups in total. The zero-order valence-corrected chi connectivity index (χ0v) is 13.1. The molecule has 1 aromatic carbocycles. The van der Waals surface area contributed by atoms with Crippen molar-refractivity contribution in [2.24, 2.45) is 4.99 Å². The lowest BCUT2D eigenvalue weighted by molar-refractivity contribution is 0.0601. The van der Waals surface area contributed by atoms with Gasteiger partial charge in [0.2, 0.25) is 0 Å². The molecule has 1 aromatic heterocycles. The molecule has 22 heavy (non-hydrogen) atoms. The Bertz CT molecular complexity index is 719. The van der Waals surface area contributed by atoms with Gasteiger partial charge in [-0.2, -0.15) is 0 Å².